The van der Waals surface area contributed by atoms with E-state index in [9.17, 15) is 9.90 Å². The number of methoxy groups -OCH3 is 1. The zero-order valence-electron chi connectivity index (χ0n) is 13.5. The summed E-state index contributed by atoms with van der Waals surface area (Å²) < 4.78 is 16.0. The molecule has 1 N–H and O–H groups in total. The van der Waals surface area contributed by atoms with Crippen molar-refractivity contribution in [2.24, 2.45) is 0 Å². The summed E-state index contributed by atoms with van der Waals surface area (Å²) in [7, 11) is 1.58. The predicted octanol–water partition coefficient (Wildman–Crippen LogP) is 3.22. The minimum absolute atomic E-state index is 0.0781. The van der Waals surface area contributed by atoms with Crippen LogP contribution in [-0.2, 0) is 0 Å². The van der Waals surface area contributed by atoms with Crippen molar-refractivity contribution in [1.82, 2.24) is 0 Å². The van der Waals surface area contributed by atoms with Crippen LogP contribution in [0.3, 0.4) is 0 Å². The van der Waals surface area contributed by atoms with Gasteiger partial charge in [0.2, 0.25) is 0 Å². The molecule has 1 unspecified atom stereocenters. The molecule has 5 nitrogen and oxygen atoms in total. The Labute approximate surface area is 139 Å². The van der Waals surface area contributed by atoms with E-state index in [2.05, 4.69) is 0 Å². The van der Waals surface area contributed by atoms with E-state index >= 15 is 0 Å². The zero-order chi connectivity index (χ0) is 17.1. The molecule has 0 aliphatic heterocycles. The van der Waals surface area contributed by atoms with Gasteiger partial charge in [0.15, 0.2) is 0 Å². The number of ether oxygens (including phenoxy) is 2. The van der Waals surface area contributed by atoms with Crippen LogP contribution in [0, 0.1) is 6.92 Å². The summed E-state index contributed by atoms with van der Waals surface area (Å²) in [5.41, 5.74) is 1.63. The molecule has 3 rings (SSSR count). The monoisotopic (exact) mass is 326 g/mol. The van der Waals surface area contributed by atoms with Gasteiger partial charge in [-0.25, -0.2) is 4.79 Å². The molecule has 0 bridgehead atoms. The molecule has 1 heterocycles. The van der Waals surface area contributed by atoms with E-state index < -0.39 is 11.7 Å². The third-order valence-electron chi connectivity index (χ3n) is 3.81. The molecule has 124 valence electrons. The smallest absolute Gasteiger partial charge is 0.336 e. The van der Waals surface area contributed by atoms with Crippen LogP contribution in [0.4, 0.5) is 0 Å². The molecule has 1 aromatic heterocycles. The highest BCUT2D eigenvalue weighted by atomic mass is 16.5. The van der Waals surface area contributed by atoms with Crippen LogP contribution in [0.15, 0.2) is 57.7 Å². The van der Waals surface area contributed by atoms with Crippen LogP contribution < -0.4 is 15.1 Å². The highest BCUT2D eigenvalue weighted by molar-refractivity contribution is 5.81. The van der Waals surface area contributed by atoms with Crippen LogP contribution in [0.25, 0.3) is 11.0 Å². The Morgan fingerprint density at radius 2 is 1.96 bits per heavy atom. The van der Waals surface area contributed by atoms with Crippen LogP contribution >= 0.6 is 0 Å². The van der Waals surface area contributed by atoms with E-state index in [0.29, 0.717) is 22.6 Å². The van der Waals surface area contributed by atoms with E-state index in [1.54, 1.807) is 31.4 Å². The van der Waals surface area contributed by atoms with Gasteiger partial charge in [-0.2, -0.15) is 0 Å². The van der Waals surface area contributed by atoms with Gasteiger partial charge in [-0.15, -0.1) is 0 Å². The Morgan fingerprint density at radius 1 is 1.12 bits per heavy atom. The fourth-order valence-corrected chi connectivity index (χ4v) is 2.52. The topological polar surface area (TPSA) is 68.9 Å². The molecule has 0 aliphatic carbocycles. The van der Waals surface area contributed by atoms with Gasteiger partial charge in [-0.3, -0.25) is 0 Å². The van der Waals surface area contributed by atoms with Gasteiger partial charge in [-0.05, 0) is 42.3 Å². The number of fused-ring (bicyclic) bond motifs is 1. The molecular formula is C19H18O5. The SMILES string of the molecule is COc1cccc(C(O)COc2ccc3c(C)cc(=O)oc3c2)c1. The second-order valence-corrected chi connectivity index (χ2v) is 5.51. The number of hydrogen-bond donors (Lipinski definition) is 1. The van der Waals surface area contributed by atoms with Crippen molar-refractivity contribution in [3.63, 3.8) is 0 Å². The molecule has 24 heavy (non-hydrogen) atoms. The van der Waals surface area contributed by atoms with Gasteiger partial charge in [0.1, 0.15) is 29.8 Å². The molecule has 3 aromatic rings. The van der Waals surface area contributed by atoms with Crippen molar-refractivity contribution < 1.29 is 19.0 Å². The molecule has 2 aromatic carbocycles. The van der Waals surface area contributed by atoms with Gasteiger partial charge in [-0.1, -0.05) is 12.1 Å². The highest BCUT2D eigenvalue weighted by Crippen LogP contribution is 2.24. The first-order valence-corrected chi connectivity index (χ1v) is 7.56. The maximum absolute atomic E-state index is 11.5. The third kappa shape index (κ3) is 3.41. The van der Waals surface area contributed by atoms with Crippen molar-refractivity contribution in [1.29, 1.82) is 0 Å². The summed E-state index contributed by atoms with van der Waals surface area (Å²) in [6, 6.07) is 13.9. The Balaban J connectivity index is 1.76. The molecule has 0 saturated carbocycles. The molecule has 0 aliphatic rings. The number of aryl methyl sites for hydroxylation is 1. The second-order valence-electron chi connectivity index (χ2n) is 5.51. The van der Waals surface area contributed by atoms with Crippen LogP contribution in [-0.4, -0.2) is 18.8 Å². The number of aliphatic hydroxyl groups excluding tert-OH is 1. The average Bonchev–Trinajstić information content (AvgIpc) is 2.59. The van der Waals surface area contributed by atoms with Crippen molar-refractivity contribution in [2.75, 3.05) is 13.7 Å². The fourth-order valence-electron chi connectivity index (χ4n) is 2.52. The summed E-state index contributed by atoms with van der Waals surface area (Å²) in [6.45, 7) is 1.93. The standard InChI is InChI=1S/C19H18O5/c1-12-8-19(21)24-18-10-15(6-7-16(12)18)23-11-17(20)13-4-3-5-14(9-13)22-2/h3-10,17,20H,11H2,1-2H3. The molecule has 0 fully saturated rings. The molecule has 0 saturated heterocycles. The largest absolute Gasteiger partial charge is 0.497 e. The number of benzene rings is 2. The average molecular weight is 326 g/mol. The van der Waals surface area contributed by atoms with E-state index in [1.807, 2.05) is 25.1 Å². The normalized spacial score (nSPS) is 12.1. The first-order valence-electron chi connectivity index (χ1n) is 7.56. The Bertz CT molecular complexity index is 913. The molecule has 0 amide bonds. The maximum atomic E-state index is 11.5. The minimum Gasteiger partial charge on any atom is -0.497 e. The lowest BCUT2D eigenvalue weighted by atomic mass is 10.1. The number of rotatable bonds is 5. The summed E-state index contributed by atoms with van der Waals surface area (Å²) in [5, 5.41) is 11.1. The van der Waals surface area contributed by atoms with Crippen molar-refractivity contribution >= 4 is 11.0 Å². The van der Waals surface area contributed by atoms with Crippen LogP contribution in [0.1, 0.15) is 17.2 Å². The molecule has 5 heteroatoms. The van der Waals surface area contributed by atoms with Gasteiger partial charge in [0.25, 0.3) is 0 Å². The molecule has 0 radical (unpaired) electrons. The van der Waals surface area contributed by atoms with Gasteiger partial charge in [0, 0.05) is 17.5 Å². The fraction of sp³-hybridized carbons (Fsp3) is 0.211. The molecule has 1 atom stereocenters. The molecule has 0 spiro atoms. The Morgan fingerprint density at radius 3 is 2.75 bits per heavy atom. The Hall–Kier alpha value is -2.79. The van der Waals surface area contributed by atoms with Crippen molar-refractivity contribution in [3.05, 3.63) is 70.1 Å². The summed E-state index contributed by atoms with van der Waals surface area (Å²) >= 11 is 0. The van der Waals surface area contributed by atoms with Crippen LogP contribution in [0.5, 0.6) is 11.5 Å². The number of hydrogen-bond acceptors (Lipinski definition) is 5. The predicted molar refractivity (Wildman–Crippen MR) is 90.7 cm³/mol. The minimum atomic E-state index is -0.791. The van der Waals surface area contributed by atoms with Crippen molar-refractivity contribution in [2.45, 2.75) is 13.0 Å². The van der Waals surface area contributed by atoms with Gasteiger partial charge >= 0.3 is 5.63 Å². The maximum Gasteiger partial charge on any atom is 0.336 e. The number of aliphatic hydroxyl groups is 1. The highest BCUT2D eigenvalue weighted by Gasteiger charge is 2.10. The molecular weight excluding hydrogens is 308 g/mol. The second kappa shape index (κ2) is 6.76. The van der Waals surface area contributed by atoms with Gasteiger partial charge in [0.05, 0.1) is 7.11 Å². The zero-order valence-corrected chi connectivity index (χ0v) is 13.5. The Kier molecular flexibility index (Phi) is 4.53. The lowest BCUT2D eigenvalue weighted by Gasteiger charge is -2.14. The quantitative estimate of drug-likeness (QED) is 0.729. The lowest BCUT2D eigenvalue weighted by molar-refractivity contribution is 0.108. The van der Waals surface area contributed by atoms with Crippen molar-refractivity contribution in [3.8, 4) is 11.5 Å². The summed E-state index contributed by atoms with van der Waals surface area (Å²) in [4.78, 5) is 11.5. The first-order chi connectivity index (χ1) is 11.6. The van der Waals surface area contributed by atoms with Crippen LogP contribution in [0.2, 0.25) is 0 Å². The van der Waals surface area contributed by atoms with E-state index in [0.717, 1.165) is 10.9 Å². The first kappa shape index (κ1) is 16.1. The lowest BCUT2D eigenvalue weighted by Crippen LogP contribution is -2.09. The van der Waals surface area contributed by atoms with E-state index in [-0.39, 0.29) is 6.61 Å². The van der Waals surface area contributed by atoms with E-state index in [4.69, 9.17) is 13.9 Å². The summed E-state index contributed by atoms with van der Waals surface area (Å²) in [6.07, 6.45) is -0.791. The van der Waals surface area contributed by atoms with E-state index in [1.165, 1.54) is 6.07 Å². The van der Waals surface area contributed by atoms with Gasteiger partial charge < -0.3 is 19.0 Å². The third-order valence-corrected chi connectivity index (χ3v) is 3.81. The summed E-state index contributed by atoms with van der Waals surface area (Å²) in [5.74, 6) is 1.20.